The van der Waals surface area contributed by atoms with Crippen molar-refractivity contribution in [3.05, 3.63) is 11.6 Å². The summed E-state index contributed by atoms with van der Waals surface area (Å²) >= 11 is 0. The number of carbonyl (C=O) groups excluding carboxylic acids is 1. The van der Waals surface area contributed by atoms with E-state index in [4.69, 9.17) is 0 Å². The number of hydrogen-bond acceptors (Lipinski definition) is 3. The second-order valence-corrected chi connectivity index (χ2v) is 7.36. The molecule has 0 spiro atoms. The first-order valence-corrected chi connectivity index (χ1v) is 9.65. The van der Waals surface area contributed by atoms with E-state index in [0.29, 0.717) is 24.4 Å². The number of hydrogen-bond donors (Lipinski definition) is 2. The van der Waals surface area contributed by atoms with Crippen LogP contribution >= 0.6 is 0 Å². The van der Waals surface area contributed by atoms with Crippen molar-refractivity contribution in [3.8, 4) is 0 Å². The van der Waals surface area contributed by atoms with Crippen LogP contribution < -0.4 is 10.6 Å². The van der Waals surface area contributed by atoms with Crippen molar-refractivity contribution in [3.63, 3.8) is 0 Å². The molecule has 2 amide bonds. The van der Waals surface area contributed by atoms with E-state index >= 15 is 0 Å². The Bertz CT molecular complexity index is 552. The molecule has 2 unspecified atom stereocenters. The van der Waals surface area contributed by atoms with Gasteiger partial charge in [-0.05, 0) is 44.9 Å². The highest BCUT2D eigenvalue weighted by atomic mass is 16.2. The molecule has 6 heteroatoms. The molecule has 2 aliphatic rings. The van der Waals surface area contributed by atoms with Gasteiger partial charge in [0.05, 0.1) is 0 Å². The zero-order chi connectivity index (χ0) is 16.9. The van der Waals surface area contributed by atoms with Crippen molar-refractivity contribution in [1.82, 2.24) is 25.4 Å². The Kier molecular flexibility index (Phi) is 5.74. The van der Waals surface area contributed by atoms with E-state index in [1.165, 1.54) is 32.1 Å². The summed E-state index contributed by atoms with van der Waals surface area (Å²) in [4.78, 5) is 12.0. The largest absolute Gasteiger partial charge is 0.338 e. The summed E-state index contributed by atoms with van der Waals surface area (Å²) in [5, 5.41) is 14.8. The molecule has 2 N–H and O–H groups in total. The Morgan fingerprint density at radius 1 is 1.21 bits per heavy atom. The SMILES string of the molecule is CCn1c(CCCNC(=O)NC2CCCCC2C)nnc1C1CC1. The smallest absolute Gasteiger partial charge is 0.315 e. The lowest BCUT2D eigenvalue weighted by Gasteiger charge is -2.29. The molecule has 0 aliphatic heterocycles. The molecule has 2 atom stereocenters. The van der Waals surface area contributed by atoms with Gasteiger partial charge in [0, 0.05) is 31.5 Å². The predicted molar refractivity (Wildman–Crippen MR) is 93.9 cm³/mol. The quantitative estimate of drug-likeness (QED) is 0.754. The van der Waals surface area contributed by atoms with Gasteiger partial charge in [0.1, 0.15) is 11.6 Å². The molecular weight excluding hydrogens is 302 g/mol. The van der Waals surface area contributed by atoms with E-state index in [1.807, 2.05) is 0 Å². The van der Waals surface area contributed by atoms with Gasteiger partial charge in [0.2, 0.25) is 0 Å². The van der Waals surface area contributed by atoms with E-state index in [1.54, 1.807) is 0 Å². The summed E-state index contributed by atoms with van der Waals surface area (Å²) in [6.07, 6.45) is 9.12. The van der Waals surface area contributed by atoms with Gasteiger partial charge in [-0.1, -0.05) is 19.8 Å². The van der Waals surface area contributed by atoms with Crippen LogP contribution in [0, 0.1) is 5.92 Å². The summed E-state index contributed by atoms with van der Waals surface area (Å²) in [5.74, 6) is 3.44. The first-order valence-electron chi connectivity index (χ1n) is 9.65. The first kappa shape index (κ1) is 17.2. The maximum Gasteiger partial charge on any atom is 0.315 e. The van der Waals surface area contributed by atoms with Crippen molar-refractivity contribution in [2.45, 2.75) is 83.7 Å². The minimum Gasteiger partial charge on any atom is -0.338 e. The number of carbonyl (C=O) groups is 1. The molecule has 1 heterocycles. The van der Waals surface area contributed by atoms with Crippen molar-refractivity contribution in [2.24, 2.45) is 5.92 Å². The normalized spacial score (nSPS) is 23.9. The van der Waals surface area contributed by atoms with Crippen molar-refractivity contribution in [2.75, 3.05) is 6.54 Å². The molecule has 0 aromatic carbocycles. The molecule has 1 aromatic rings. The lowest BCUT2D eigenvalue weighted by atomic mass is 9.86. The van der Waals surface area contributed by atoms with Crippen LogP contribution in [0.1, 0.15) is 76.4 Å². The Labute approximate surface area is 144 Å². The highest BCUT2D eigenvalue weighted by molar-refractivity contribution is 5.74. The maximum atomic E-state index is 12.0. The average molecular weight is 333 g/mol. The highest BCUT2D eigenvalue weighted by Crippen LogP contribution is 2.39. The molecule has 3 rings (SSSR count). The van der Waals surface area contributed by atoms with Gasteiger partial charge in [-0.25, -0.2) is 4.79 Å². The van der Waals surface area contributed by atoms with Gasteiger partial charge < -0.3 is 15.2 Å². The standard InChI is InChI=1S/C18H31N5O/c1-3-23-16(21-22-17(23)14-10-11-14)9-6-12-19-18(24)20-15-8-5-4-7-13(15)2/h13-15H,3-12H2,1-2H3,(H2,19,20,24). The van der Waals surface area contributed by atoms with Crippen molar-refractivity contribution >= 4 is 6.03 Å². The molecule has 2 saturated carbocycles. The van der Waals surface area contributed by atoms with Crippen LogP contribution in [0.5, 0.6) is 0 Å². The van der Waals surface area contributed by atoms with Gasteiger partial charge >= 0.3 is 6.03 Å². The molecule has 2 fully saturated rings. The van der Waals surface area contributed by atoms with Gasteiger partial charge in [-0.2, -0.15) is 0 Å². The van der Waals surface area contributed by atoms with Crippen LogP contribution in [-0.4, -0.2) is 33.4 Å². The van der Waals surface area contributed by atoms with Crippen molar-refractivity contribution < 1.29 is 4.79 Å². The third kappa shape index (κ3) is 4.28. The van der Waals surface area contributed by atoms with Crippen molar-refractivity contribution in [1.29, 1.82) is 0 Å². The zero-order valence-corrected chi connectivity index (χ0v) is 15.1. The number of nitrogens with zero attached hydrogens (tertiary/aromatic N) is 3. The van der Waals surface area contributed by atoms with Crippen LogP contribution in [0.4, 0.5) is 4.79 Å². The second kappa shape index (κ2) is 7.99. The molecule has 2 aliphatic carbocycles. The number of rotatable bonds is 7. The summed E-state index contributed by atoms with van der Waals surface area (Å²) < 4.78 is 2.25. The third-order valence-electron chi connectivity index (χ3n) is 5.41. The molecular formula is C18H31N5O. The van der Waals surface area contributed by atoms with Gasteiger partial charge in [0.25, 0.3) is 0 Å². The Balaban J connectivity index is 1.38. The maximum absolute atomic E-state index is 12.0. The van der Waals surface area contributed by atoms with Crippen LogP contribution in [-0.2, 0) is 13.0 Å². The number of aromatic nitrogens is 3. The molecule has 0 saturated heterocycles. The number of aryl methyl sites for hydroxylation is 1. The van der Waals surface area contributed by atoms with Crippen LogP contribution in [0.3, 0.4) is 0 Å². The van der Waals surface area contributed by atoms with Crippen LogP contribution in [0.15, 0.2) is 0 Å². The molecule has 1 aromatic heterocycles. The summed E-state index contributed by atoms with van der Waals surface area (Å²) in [5.41, 5.74) is 0. The minimum atomic E-state index is -0.0237. The molecule has 0 bridgehead atoms. The zero-order valence-electron chi connectivity index (χ0n) is 15.1. The molecule has 134 valence electrons. The topological polar surface area (TPSA) is 71.8 Å². The number of amides is 2. The average Bonchev–Trinajstić information content (AvgIpc) is 3.34. The van der Waals surface area contributed by atoms with Crippen LogP contribution in [0.2, 0.25) is 0 Å². The number of nitrogens with one attached hydrogen (secondary N) is 2. The second-order valence-electron chi connectivity index (χ2n) is 7.36. The lowest BCUT2D eigenvalue weighted by molar-refractivity contribution is 0.221. The van der Waals surface area contributed by atoms with E-state index in [9.17, 15) is 4.79 Å². The number of urea groups is 1. The fourth-order valence-electron chi connectivity index (χ4n) is 3.72. The highest BCUT2D eigenvalue weighted by Gasteiger charge is 2.29. The van der Waals surface area contributed by atoms with E-state index in [2.05, 4.69) is 39.2 Å². The molecule has 6 nitrogen and oxygen atoms in total. The van der Waals surface area contributed by atoms with Gasteiger partial charge in [0.15, 0.2) is 0 Å². The Morgan fingerprint density at radius 3 is 2.71 bits per heavy atom. The molecule has 0 radical (unpaired) electrons. The Morgan fingerprint density at radius 2 is 2.00 bits per heavy atom. The van der Waals surface area contributed by atoms with Gasteiger partial charge in [-0.3, -0.25) is 0 Å². The van der Waals surface area contributed by atoms with E-state index in [-0.39, 0.29) is 6.03 Å². The summed E-state index contributed by atoms with van der Waals surface area (Å²) in [7, 11) is 0. The minimum absolute atomic E-state index is 0.0237. The summed E-state index contributed by atoms with van der Waals surface area (Å²) in [6, 6.07) is 0.312. The monoisotopic (exact) mass is 333 g/mol. The Hall–Kier alpha value is -1.59. The van der Waals surface area contributed by atoms with E-state index < -0.39 is 0 Å². The fourth-order valence-corrected chi connectivity index (χ4v) is 3.72. The first-order chi connectivity index (χ1) is 11.7. The van der Waals surface area contributed by atoms with Crippen LogP contribution in [0.25, 0.3) is 0 Å². The predicted octanol–water partition coefficient (Wildman–Crippen LogP) is 2.99. The van der Waals surface area contributed by atoms with E-state index in [0.717, 1.165) is 37.5 Å². The van der Waals surface area contributed by atoms with Gasteiger partial charge in [-0.15, -0.1) is 10.2 Å². The fraction of sp³-hybridized carbons (Fsp3) is 0.833. The molecule has 24 heavy (non-hydrogen) atoms. The lowest BCUT2D eigenvalue weighted by Crippen LogP contribution is -2.46. The summed E-state index contributed by atoms with van der Waals surface area (Å²) in [6.45, 7) is 6.00. The third-order valence-corrected chi connectivity index (χ3v) is 5.41.